The molecule has 2 amide bonds. The number of nitrogens with zero attached hydrogens (tertiary/aromatic N) is 5. The Balaban J connectivity index is 1.45. The lowest BCUT2D eigenvalue weighted by molar-refractivity contribution is -0.143. The first-order chi connectivity index (χ1) is 18.0. The van der Waals surface area contributed by atoms with Crippen molar-refractivity contribution in [1.82, 2.24) is 30.4 Å². The van der Waals surface area contributed by atoms with Crippen LogP contribution in [0.25, 0.3) is 11.6 Å². The number of tetrazole rings is 1. The molecule has 1 aromatic carbocycles. The average molecular weight is 523 g/mol. The zero-order valence-corrected chi connectivity index (χ0v) is 21.1. The van der Waals surface area contributed by atoms with Gasteiger partial charge in [0, 0.05) is 17.6 Å². The molecule has 1 atom stereocenters. The minimum Gasteiger partial charge on any atom is -0.467 e. The molecule has 11 heteroatoms. The smallest absolute Gasteiger partial charge is 0.250 e. The molecular formula is C26H27ClN6O4. The van der Waals surface area contributed by atoms with Crippen LogP contribution in [0.3, 0.4) is 0 Å². The quantitative estimate of drug-likeness (QED) is 0.347. The summed E-state index contributed by atoms with van der Waals surface area (Å²) in [5.74, 6) is 1.08. The number of aromatic nitrogens is 4. The Morgan fingerprint density at radius 2 is 1.97 bits per heavy atom. The lowest BCUT2D eigenvalue weighted by atomic mass is 10.1. The SMILES string of the molecule is Cc1ccc(-c2nnn(CC(=O)N(Cc3ccccc3Cl)C(C(=O)NC3CCCC3)c3ccco3)n2)o1. The second-order valence-corrected chi connectivity index (χ2v) is 9.48. The van der Waals surface area contributed by atoms with E-state index in [1.807, 2.05) is 25.1 Å². The molecule has 10 nitrogen and oxygen atoms in total. The maximum atomic E-state index is 13.8. The average Bonchev–Trinajstić information content (AvgIpc) is 3.69. The largest absolute Gasteiger partial charge is 0.467 e. The van der Waals surface area contributed by atoms with Gasteiger partial charge in [0.2, 0.25) is 11.7 Å². The summed E-state index contributed by atoms with van der Waals surface area (Å²) in [5.41, 5.74) is 0.695. The molecule has 1 fully saturated rings. The van der Waals surface area contributed by atoms with Crippen molar-refractivity contribution in [3.63, 3.8) is 0 Å². The van der Waals surface area contributed by atoms with Gasteiger partial charge in [-0.2, -0.15) is 4.80 Å². The van der Waals surface area contributed by atoms with Crippen molar-refractivity contribution in [1.29, 1.82) is 0 Å². The van der Waals surface area contributed by atoms with E-state index in [4.69, 9.17) is 20.4 Å². The summed E-state index contributed by atoms with van der Waals surface area (Å²) in [5, 5.41) is 15.9. The van der Waals surface area contributed by atoms with Crippen molar-refractivity contribution >= 4 is 23.4 Å². The first-order valence-electron chi connectivity index (χ1n) is 12.2. The zero-order chi connectivity index (χ0) is 25.8. The molecular weight excluding hydrogens is 496 g/mol. The Morgan fingerprint density at radius 1 is 1.16 bits per heavy atom. The predicted molar refractivity (Wildman–Crippen MR) is 134 cm³/mol. The summed E-state index contributed by atoms with van der Waals surface area (Å²) < 4.78 is 11.2. The molecule has 0 aliphatic heterocycles. The fraction of sp³-hybridized carbons (Fsp3) is 0.346. The molecule has 0 bridgehead atoms. The molecule has 0 saturated heterocycles. The highest BCUT2D eigenvalue weighted by atomic mass is 35.5. The molecule has 192 valence electrons. The minimum atomic E-state index is -1.00. The van der Waals surface area contributed by atoms with Crippen molar-refractivity contribution in [3.05, 3.63) is 76.9 Å². The van der Waals surface area contributed by atoms with Crippen LogP contribution in [0.15, 0.2) is 63.6 Å². The molecule has 3 aromatic heterocycles. The van der Waals surface area contributed by atoms with E-state index in [0.29, 0.717) is 27.9 Å². The molecule has 4 aromatic rings. The number of carbonyl (C=O) groups excluding carboxylic acids is 2. The fourth-order valence-electron chi connectivity index (χ4n) is 4.53. The van der Waals surface area contributed by atoms with Gasteiger partial charge in [-0.3, -0.25) is 9.59 Å². The number of nitrogens with one attached hydrogen (secondary N) is 1. The second kappa shape index (κ2) is 11.0. The third kappa shape index (κ3) is 5.75. The topological polar surface area (TPSA) is 119 Å². The van der Waals surface area contributed by atoms with Crippen LogP contribution in [0.5, 0.6) is 0 Å². The molecule has 3 heterocycles. The normalized spacial score (nSPS) is 14.5. The number of amides is 2. The molecule has 1 saturated carbocycles. The van der Waals surface area contributed by atoms with Crippen LogP contribution in [0, 0.1) is 6.92 Å². The van der Waals surface area contributed by atoms with Crippen molar-refractivity contribution in [2.24, 2.45) is 0 Å². The zero-order valence-electron chi connectivity index (χ0n) is 20.3. The van der Waals surface area contributed by atoms with Crippen LogP contribution in [0.1, 0.15) is 48.8 Å². The molecule has 0 radical (unpaired) electrons. The molecule has 1 N–H and O–H groups in total. The first-order valence-corrected chi connectivity index (χ1v) is 12.6. The molecule has 1 unspecified atom stereocenters. The lowest BCUT2D eigenvalue weighted by Crippen LogP contribution is -2.46. The van der Waals surface area contributed by atoms with Gasteiger partial charge in [-0.15, -0.1) is 10.2 Å². The first kappa shape index (κ1) is 24.8. The van der Waals surface area contributed by atoms with Crippen LogP contribution in [-0.4, -0.2) is 43.0 Å². The highest BCUT2D eigenvalue weighted by Crippen LogP contribution is 2.28. The van der Waals surface area contributed by atoms with E-state index in [1.165, 1.54) is 16.0 Å². The Kier molecular flexibility index (Phi) is 7.36. The van der Waals surface area contributed by atoms with E-state index in [2.05, 4.69) is 20.7 Å². The van der Waals surface area contributed by atoms with Gasteiger partial charge in [0.15, 0.2) is 11.8 Å². The third-order valence-electron chi connectivity index (χ3n) is 6.38. The fourth-order valence-corrected chi connectivity index (χ4v) is 4.73. The van der Waals surface area contributed by atoms with E-state index >= 15 is 0 Å². The summed E-state index contributed by atoms with van der Waals surface area (Å²) in [6.07, 6.45) is 5.43. The van der Waals surface area contributed by atoms with Crippen molar-refractivity contribution in [2.45, 2.75) is 57.8 Å². The van der Waals surface area contributed by atoms with Crippen molar-refractivity contribution in [2.75, 3.05) is 0 Å². The Bertz CT molecular complexity index is 1360. The van der Waals surface area contributed by atoms with Gasteiger partial charge in [0.05, 0.1) is 6.26 Å². The van der Waals surface area contributed by atoms with Gasteiger partial charge in [-0.05, 0) is 60.9 Å². The maximum Gasteiger partial charge on any atom is 0.250 e. The number of hydrogen-bond acceptors (Lipinski definition) is 7. The van der Waals surface area contributed by atoms with E-state index in [0.717, 1.165) is 25.7 Å². The van der Waals surface area contributed by atoms with Crippen molar-refractivity contribution < 1.29 is 18.4 Å². The van der Waals surface area contributed by atoms with Gasteiger partial charge in [0.1, 0.15) is 18.1 Å². The molecule has 1 aliphatic carbocycles. The Morgan fingerprint density at radius 3 is 2.68 bits per heavy atom. The van der Waals surface area contributed by atoms with E-state index in [9.17, 15) is 9.59 Å². The number of aryl methyl sites for hydroxylation is 1. The number of carbonyl (C=O) groups is 2. The summed E-state index contributed by atoms with van der Waals surface area (Å²) in [4.78, 5) is 30.0. The van der Waals surface area contributed by atoms with Crippen LogP contribution < -0.4 is 5.32 Å². The Hall–Kier alpha value is -3.92. The monoisotopic (exact) mass is 522 g/mol. The number of benzene rings is 1. The number of halogens is 1. The van der Waals surface area contributed by atoms with E-state index in [1.54, 1.807) is 30.3 Å². The summed E-state index contributed by atoms with van der Waals surface area (Å²) >= 11 is 6.44. The second-order valence-electron chi connectivity index (χ2n) is 9.07. The maximum absolute atomic E-state index is 13.8. The van der Waals surface area contributed by atoms with E-state index < -0.39 is 11.9 Å². The molecule has 37 heavy (non-hydrogen) atoms. The van der Waals surface area contributed by atoms with Gasteiger partial charge in [-0.25, -0.2) is 0 Å². The minimum absolute atomic E-state index is 0.0681. The van der Waals surface area contributed by atoms with Crippen molar-refractivity contribution in [3.8, 4) is 11.6 Å². The molecule has 0 spiro atoms. The van der Waals surface area contributed by atoms with Gasteiger partial charge in [-0.1, -0.05) is 42.6 Å². The third-order valence-corrected chi connectivity index (χ3v) is 6.75. The summed E-state index contributed by atoms with van der Waals surface area (Å²) in [7, 11) is 0. The van der Waals surface area contributed by atoms with Gasteiger partial charge < -0.3 is 19.1 Å². The summed E-state index contributed by atoms with van der Waals surface area (Å²) in [6, 6.07) is 13.2. The number of furan rings is 2. The van der Waals surface area contributed by atoms with Crippen LogP contribution in [-0.2, 0) is 22.7 Å². The highest BCUT2D eigenvalue weighted by Gasteiger charge is 2.35. The standard InChI is InChI=1S/C26H27ClN6O4/c1-17-12-13-22(37-17)25-29-31-33(30-25)16-23(34)32(15-18-7-2-5-10-20(18)27)24(21-11-6-14-36-21)26(35)28-19-8-3-4-9-19/h2,5-7,10-14,19,24H,3-4,8-9,15-16H2,1H3,(H,28,35). The lowest BCUT2D eigenvalue weighted by Gasteiger charge is -2.31. The van der Waals surface area contributed by atoms with Crippen LogP contribution >= 0.6 is 11.6 Å². The number of rotatable bonds is 9. The highest BCUT2D eigenvalue weighted by molar-refractivity contribution is 6.31. The summed E-state index contributed by atoms with van der Waals surface area (Å²) in [6.45, 7) is 1.65. The molecule has 1 aliphatic rings. The van der Waals surface area contributed by atoms with Gasteiger partial charge >= 0.3 is 0 Å². The predicted octanol–water partition coefficient (Wildman–Crippen LogP) is 4.32. The van der Waals surface area contributed by atoms with Crippen LogP contribution in [0.2, 0.25) is 5.02 Å². The van der Waals surface area contributed by atoms with Gasteiger partial charge in [0.25, 0.3) is 5.91 Å². The molecule has 5 rings (SSSR count). The van der Waals surface area contributed by atoms with E-state index in [-0.39, 0.29) is 30.9 Å². The Labute approximate surface area is 218 Å². The van der Waals surface area contributed by atoms with Crippen LogP contribution in [0.4, 0.5) is 0 Å². The number of hydrogen-bond donors (Lipinski definition) is 1.